The van der Waals surface area contributed by atoms with Crippen molar-refractivity contribution in [2.45, 2.75) is 6.18 Å². The molecule has 0 fully saturated rings. The van der Waals surface area contributed by atoms with Gasteiger partial charge in [-0.25, -0.2) is 9.48 Å². The highest BCUT2D eigenvalue weighted by atomic mass is 35.5. The Hall–Kier alpha value is -4.51. The van der Waals surface area contributed by atoms with Crippen LogP contribution in [0.5, 0.6) is 5.75 Å². The van der Waals surface area contributed by atoms with Gasteiger partial charge in [0.05, 0.1) is 41.5 Å². The summed E-state index contributed by atoms with van der Waals surface area (Å²) in [7, 11) is 1.56. The zero-order chi connectivity index (χ0) is 26.6. The fourth-order valence-corrected chi connectivity index (χ4v) is 3.56. The first kappa shape index (κ1) is 25.6. The van der Waals surface area contributed by atoms with Crippen molar-refractivity contribution in [1.82, 2.24) is 9.78 Å². The second kappa shape index (κ2) is 10.6. The van der Waals surface area contributed by atoms with Crippen LogP contribution in [-0.2, 0) is 6.18 Å². The minimum Gasteiger partial charge on any atom is -0.497 e. The minimum atomic E-state index is -4.67. The van der Waals surface area contributed by atoms with Crippen LogP contribution < -0.4 is 20.7 Å². The Morgan fingerprint density at radius 3 is 2.38 bits per heavy atom. The Bertz CT molecular complexity index is 1460. The number of anilines is 3. The zero-order valence-corrected chi connectivity index (χ0v) is 19.9. The number of urea groups is 1. The molecule has 3 amide bonds. The van der Waals surface area contributed by atoms with Gasteiger partial charge in [-0.2, -0.15) is 18.3 Å². The first-order chi connectivity index (χ1) is 17.6. The summed E-state index contributed by atoms with van der Waals surface area (Å²) in [5.41, 5.74) is 0.490. The molecule has 0 aliphatic carbocycles. The van der Waals surface area contributed by atoms with E-state index in [1.807, 2.05) is 12.1 Å². The summed E-state index contributed by atoms with van der Waals surface area (Å²) in [6, 6.07) is 15.5. The molecule has 12 heteroatoms. The molecule has 37 heavy (non-hydrogen) atoms. The van der Waals surface area contributed by atoms with Crippen LogP contribution in [0.2, 0.25) is 5.02 Å². The molecule has 4 aromatic rings. The van der Waals surface area contributed by atoms with E-state index in [0.29, 0.717) is 11.4 Å². The average Bonchev–Trinajstić information content (AvgIpc) is 3.33. The molecular formula is C25H19ClF3N5O3. The van der Waals surface area contributed by atoms with Crippen LogP contribution in [0, 0.1) is 0 Å². The van der Waals surface area contributed by atoms with Gasteiger partial charge in [-0.3, -0.25) is 4.79 Å². The lowest BCUT2D eigenvalue weighted by molar-refractivity contribution is -0.137. The number of hydrogen-bond donors (Lipinski definition) is 3. The minimum absolute atomic E-state index is 0.101. The molecule has 0 aliphatic rings. The van der Waals surface area contributed by atoms with E-state index in [4.69, 9.17) is 16.3 Å². The highest BCUT2D eigenvalue weighted by Gasteiger charge is 2.33. The van der Waals surface area contributed by atoms with E-state index >= 15 is 0 Å². The molecule has 0 bridgehead atoms. The lowest BCUT2D eigenvalue weighted by Crippen LogP contribution is -2.20. The number of aromatic nitrogens is 2. The SMILES string of the molecule is COc1cccc(-n2cc(NC(=O)c3cccc(NC(=O)Nc4ccc(Cl)c(C(F)(F)F)c4)c3)cn2)c1. The summed E-state index contributed by atoms with van der Waals surface area (Å²) in [5.74, 6) is 0.200. The molecule has 1 aromatic heterocycles. The third-order valence-electron chi connectivity index (χ3n) is 5.07. The maximum atomic E-state index is 13.0. The molecule has 190 valence electrons. The van der Waals surface area contributed by atoms with Gasteiger partial charge in [0.15, 0.2) is 0 Å². The maximum absolute atomic E-state index is 13.0. The first-order valence-corrected chi connectivity index (χ1v) is 11.1. The van der Waals surface area contributed by atoms with Crippen LogP contribution in [0.4, 0.5) is 35.0 Å². The molecular weight excluding hydrogens is 511 g/mol. The Labute approximate surface area is 214 Å². The summed E-state index contributed by atoms with van der Waals surface area (Å²) >= 11 is 5.60. The third-order valence-corrected chi connectivity index (χ3v) is 5.40. The lowest BCUT2D eigenvalue weighted by Gasteiger charge is -2.12. The average molecular weight is 530 g/mol. The Morgan fingerprint density at radius 2 is 1.65 bits per heavy atom. The van der Waals surface area contributed by atoms with Crippen molar-refractivity contribution >= 4 is 40.6 Å². The highest BCUT2D eigenvalue weighted by molar-refractivity contribution is 6.31. The molecule has 0 atom stereocenters. The Morgan fingerprint density at radius 1 is 0.919 bits per heavy atom. The molecule has 4 rings (SSSR count). The second-order valence-corrected chi connectivity index (χ2v) is 8.09. The van der Waals surface area contributed by atoms with Crippen LogP contribution in [0.15, 0.2) is 79.1 Å². The molecule has 0 spiro atoms. The van der Waals surface area contributed by atoms with E-state index in [-0.39, 0.29) is 16.9 Å². The predicted molar refractivity (Wildman–Crippen MR) is 134 cm³/mol. The van der Waals surface area contributed by atoms with Gasteiger partial charge in [0.2, 0.25) is 0 Å². The molecule has 3 aromatic carbocycles. The molecule has 0 aliphatic heterocycles. The first-order valence-electron chi connectivity index (χ1n) is 10.7. The van der Waals surface area contributed by atoms with E-state index in [1.54, 1.807) is 42.3 Å². The molecule has 1 heterocycles. The van der Waals surface area contributed by atoms with E-state index in [1.165, 1.54) is 24.4 Å². The second-order valence-electron chi connectivity index (χ2n) is 7.68. The number of methoxy groups -OCH3 is 1. The van der Waals surface area contributed by atoms with Crippen LogP contribution in [-0.4, -0.2) is 28.8 Å². The van der Waals surface area contributed by atoms with Crippen molar-refractivity contribution in [3.8, 4) is 11.4 Å². The molecule has 0 saturated carbocycles. The molecule has 3 N–H and O–H groups in total. The smallest absolute Gasteiger partial charge is 0.417 e. The summed E-state index contributed by atoms with van der Waals surface area (Å²) in [6.07, 6.45) is -1.56. The third kappa shape index (κ3) is 6.39. The fourth-order valence-electron chi connectivity index (χ4n) is 3.34. The van der Waals surface area contributed by atoms with Gasteiger partial charge in [0, 0.05) is 23.0 Å². The number of carbonyl (C=O) groups excluding carboxylic acids is 2. The van der Waals surface area contributed by atoms with Crippen LogP contribution in [0.1, 0.15) is 15.9 Å². The number of benzene rings is 3. The normalized spacial score (nSPS) is 11.1. The summed E-state index contributed by atoms with van der Waals surface area (Å²) in [5, 5.41) is 11.3. The lowest BCUT2D eigenvalue weighted by atomic mass is 10.2. The van der Waals surface area contributed by atoms with E-state index < -0.39 is 28.7 Å². The van der Waals surface area contributed by atoms with Gasteiger partial charge in [0.1, 0.15) is 5.75 Å². The van der Waals surface area contributed by atoms with Gasteiger partial charge in [0.25, 0.3) is 5.91 Å². The van der Waals surface area contributed by atoms with Gasteiger partial charge in [-0.05, 0) is 48.5 Å². The van der Waals surface area contributed by atoms with Crippen LogP contribution >= 0.6 is 11.6 Å². The van der Waals surface area contributed by atoms with Crippen molar-refractivity contribution in [3.05, 3.63) is 95.3 Å². The Kier molecular flexibility index (Phi) is 7.35. The zero-order valence-electron chi connectivity index (χ0n) is 19.1. The number of carbonyl (C=O) groups is 2. The van der Waals surface area contributed by atoms with Crippen molar-refractivity contribution in [3.63, 3.8) is 0 Å². The monoisotopic (exact) mass is 529 g/mol. The predicted octanol–water partition coefficient (Wildman–Crippen LogP) is 6.45. The standard InChI is InChI=1S/C25H19ClF3N5O3/c1-37-20-7-3-6-19(12-20)34-14-18(13-30-34)31-23(35)15-4-2-5-16(10-15)32-24(36)33-17-8-9-22(26)21(11-17)25(27,28)29/h2-14H,1H3,(H,31,35)(H2,32,33,36). The van der Waals surface area contributed by atoms with Crippen molar-refractivity contribution in [2.75, 3.05) is 23.1 Å². The molecule has 0 radical (unpaired) electrons. The quantitative estimate of drug-likeness (QED) is 0.267. The van der Waals surface area contributed by atoms with Gasteiger partial charge in [-0.1, -0.05) is 23.7 Å². The van der Waals surface area contributed by atoms with Crippen LogP contribution in [0.3, 0.4) is 0 Å². The topological polar surface area (TPSA) is 97.3 Å². The number of alkyl halides is 3. The number of hydrogen-bond acceptors (Lipinski definition) is 4. The van der Waals surface area contributed by atoms with Gasteiger partial charge in [-0.15, -0.1) is 0 Å². The molecule has 8 nitrogen and oxygen atoms in total. The van der Waals surface area contributed by atoms with Crippen molar-refractivity contribution in [1.29, 1.82) is 0 Å². The van der Waals surface area contributed by atoms with Gasteiger partial charge >= 0.3 is 12.2 Å². The molecule has 0 saturated heterocycles. The number of ether oxygens (including phenoxy) is 1. The number of amides is 3. The van der Waals surface area contributed by atoms with Crippen molar-refractivity contribution in [2.24, 2.45) is 0 Å². The Balaban J connectivity index is 1.41. The van der Waals surface area contributed by atoms with E-state index in [0.717, 1.165) is 17.8 Å². The van der Waals surface area contributed by atoms with Crippen molar-refractivity contribution < 1.29 is 27.5 Å². The van der Waals surface area contributed by atoms with E-state index in [9.17, 15) is 22.8 Å². The largest absolute Gasteiger partial charge is 0.497 e. The molecule has 0 unspecified atom stereocenters. The number of halogens is 4. The summed E-state index contributed by atoms with van der Waals surface area (Å²) in [4.78, 5) is 25.1. The van der Waals surface area contributed by atoms with Gasteiger partial charge < -0.3 is 20.7 Å². The number of nitrogens with zero attached hydrogens (tertiary/aromatic N) is 2. The number of nitrogens with one attached hydrogen (secondary N) is 3. The number of rotatable bonds is 6. The summed E-state index contributed by atoms with van der Waals surface area (Å²) < 4.78 is 45.9. The van der Waals surface area contributed by atoms with Crippen LogP contribution in [0.25, 0.3) is 5.69 Å². The fraction of sp³-hybridized carbons (Fsp3) is 0.0800. The highest BCUT2D eigenvalue weighted by Crippen LogP contribution is 2.36. The van der Waals surface area contributed by atoms with E-state index in [2.05, 4.69) is 21.0 Å². The summed E-state index contributed by atoms with van der Waals surface area (Å²) in [6.45, 7) is 0. The maximum Gasteiger partial charge on any atom is 0.417 e.